The Morgan fingerprint density at radius 1 is 1.11 bits per heavy atom. The van der Waals surface area contributed by atoms with Gasteiger partial charge in [-0.25, -0.2) is 8.42 Å². The summed E-state index contributed by atoms with van der Waals surface area (Å²) < 4.78 is 35.3. The van der Waals surface area contributed by atoms with E-state index in [2.05, 4.69) is 10.6 Å². The Morgan fingerprint density at radius 2 is 1.86 bits per heavy atom. The number of sulfone groups is 1. The molecule has 36 heavy (non-hydrogen) atoms. The second kappa shape index (κ2) is 10.6. The molecular formula is C24H27N3O8S. The van der Waals surface area contributed by atoms with E-state index in [9.17, 15) is 27.6 Å². The van der Waals surface area contributed by atoms with Gasteiger partial charge in [-0.2, -0.15) is 0 Å². The number of fused-ring (bicyclic) bond motifs is 1. The van der Waals surface area contributed by atoms with Gasteiger partial charge >= 0.3 is 5.97 Å². The number of esters is 1. The molecular weight excluding hydrogens is 490 g/mol. The van der Waals surface area contributed by atoms with Crippen molar-refractivity contribution in [2.45, 2.75) is 31.7 Å². The molecule has 3 amide bonds. The molecule has 12 heteroatoms. The third-order valence-electron chi connectivity index (χ3n) is 5.99. The molecule has 2 fully saturated rings. The van der Waals surface area contributed by atoms with Crippen molar-refractivity contribution in [2.75, 3.05) is 31.2 Å². The highest BCUT2D eigenvalue weighted by Crippen LogP contribution is 2.18. The van der Waals surface area contributed by atoms with Gasteiger partial charge in [0.25, 0.3) is 5.91 Å². The van der Waals surface area contributed by atoms with Crippen molar-refractivity contribution in [3.8, 4) is 0 Å². The van der Waals surface area contributed by atoms with Crippen molar-refractivity contribution in [2.24, 2.45) is 0 Å². The average Bonchev–Trinajstić information content (AvgIpc) is 3.13. The molecule has 2 aliphatic heterocycles. The smallest absolute Gasteiger partial charge is 0.310 e. The molecule has 0 spiro atoms. The van der Waals surface area contributed by atoms with Gasteiger partial charge in [-0.1, -0.05) is 30.3 Å². The van der Waals surface area contributed by atoms with Crippen LogP contribution in [0.4, 0.5) is 0 Å². The maximum atomic E-state index is 13.2. The number of amides is 3. The van der Waals surface area contributed by atoms with E-state index in [1.54, 1.807) is 25.1 Å². The predicted molar refractivity (Wildman–Crippen MR) is 128 cm³/mol. The summed E-state index contributed by atoms with van der Waals surface area (Å²) in [5.41, 5.74) is 0.278. The molecule has 11 nitrogen and oxygen atoms in total. The maximum absolute atomic E-state index is 13.2. The number of nitrogens with one attached hydrogen (secondary N) is 2. The molecule has 192 valence electrons. The standard InChI is InChI=1S/C24H27N3O8S/c1-2-34-24-18(12-21(29)35-24)25-20(28)13-27-9-10-36(32,33)14-19(23(27)31)26-22(30)17-8-7-15-5-3-4-6-16(15)11-17/h3-8,11,18-19,24H,2,9-10,12-14H2,1H3,(H,25,28)(H,26,30). The van der Waals surface area contributed by atoms with E-state index in [1.807, 2.05) is 24.3 Å². The second-order valence-electron chi connectivity index (χ2n) is 8.65. The van der Waals surface area contributed by atoms with Crippen LogP contribution in [0.1, 0.15) is 23.7 Å². The van der Waals surface area contributed by atoms with Gasteiger partial charge < -0.3 is 25.0 Å². The zero-order valence-corrected chi connectivity index (χ0v) is 20.5. The molecule has 0 radical (unpaired) electrons. The highest BCUT2D eigenvalue weighted by atomic mass is 32.2. The zero-order valence-electron chi connectivity index (χ0n) is 19.6. The van der Waals surface area contributed by atoms with Crippen LogP contribution < -0.4 is 10.6 Å². The summed E-state index contributed by atoms with van der Waals surface area (Å²) in [6, 6.07) is 10.4. The van der Waals surface area contributed by atoms with Crippen LogP contribution in [0.25, 0.3) is 10.8 Å². The van der Waals surface area contributed by atoms with Gasteiger partial charge in [0.05, 0.1) is 24.5 Å². The molecule has 3 unspecified atom stereocenters. The fraction of sp³-hybridized carbons (Fsp3) is 0.417. The summed E-state index contributed by atoms with van der Waals surface area (Å²) in [6.45, 7) is 1.34. The van der Waals surface area contributed by atoms with Gasteiger partial charge in [0.1, 0.15) is 12.1 Å². The number of rotatable bonds is 7. The summed E-state index contributed by atoms with van der Waals surface area (Å²) in [7, 11) is -3.67. The monoisotopic (exact) mass is 517 g/mol. The number of hydrogen-bond donors (Lipinski definition) is 2. The molecule has 2 aromatic rings. The number of cyclic esters (lactones) is 1. The number of ether oxygens (including phenoxy) is 2. The molecule has 0 bridgehead atoms. The third kappa shape index (κ3) is 6.00. The zero-order chi connectivity index (χ0) is 25.9. The predicted octanol–water partition coefficient (Wildman–Crippen LogP) is -0.0105. The molecule has 2 heterocycles. The maximum Gasteiger partial charge on any atom is 0.310 e. The van der Waals surface area contributed by atoms with Gasteiger partial charge in [-0.15, -0.1) is 0 Å². The summed E-state index contributed by atoms with van der Waals surface area (Å²) in [6.07, 6.45) is -1.01. The number of carbonyl (C=O) groups is 4. The Bertz CT molecular complexity index is 1300. The van der Waals surface area contributed by atoms with Crippen molar-refractivity contribution < 1.29 is 37.1 Å². The van der Waals surface area contributed by atoms with E-state index in [1.165, 1.54) is 0 Å². The fourth-order valence-electron chi connectivity index (χ4n) is 4.22. The van der Waals surface area contributed by atoms with Crippen molar-refractivity contribution in [1.82, 2.24) is 15.5 Å². The van der Waals surface area contributed by atoms with Crippen LogP contribution in [0.5, 0.6) is 0 Å². The van der Waals surface area contributed by atoms with E-state index < -0.39 is 64.2 Å². The first-order chi connectivity index (χ1) is 17.1. The first kappa shape index (κ1) is 25.6. The van der Waals surface area contributed by atoms with Gasteiger partial charge in [0.15, 0.2) is 9.84 Å². The van der Waals surface area contributed by atoms with E-state index in [-0.39, 0.29) is 30.9 Å². The molecule has 2 saturated heterocycles. The SMILES string of the molecule is CCOC1OC(=O)CC1NC(=O)CN1CCS(=O)(=O)CC(NC(=O)c2ccc3ccccc3c2)C1=O. The topological polar surface area (TPSA) is 148 Å². The lowest BCUT2D eigenvalue weighted by Gasteiger charge is -2.25. The molecule has 2 aromatic carbocycles. The van der Waals surface area contributed by atoms with Crippen LogP contribution >= 0.6 is 0 Å². The lowest BCUT2D eigenvalue weighted by Crippen LogP contribution is -2.53. The highest BCUT2D eigenvalue weighted by molar-refractivity contribution is 7.91. The molecule has 3 atom stereocenters. The Labute approximate surface area is 208 Å². The van der Waals surface area contributed by atoms with Gasteiger partial charge in [0, 0.05) is 18.7 Å². The minimum Gasteiger partial charge on any atom is -0.433 e. The van der Waals surface area contributed by atoms with Crippen molar-refractivity contribution in [3.05, 3.63) is 48.0 Å². The van der Waals surface area contributed by atoms with Crippen LogP contribution in [-0.4, -0.2) is 86.6 Å². The minimum atomic E-state index is -3.67. The molecule has 2 aliphatic rings. The summed E-state index contributed by atoms with van der Waals surface area (Å²) in [4.78, 5) is 51.4. The molecule has 2 N–H and O–H groups in total. The fourth-order valence-corrected chi connectivity index (χ4v) is 5.61. The average molecular weight is 518 g/mol. The van der Waals surface area contributed by atoms with Crippen LogP contribution in [0, 0.1) is 0 Å². The molecule has 0 aliphatic carbocycles. The van der Waals surface area contributed by atoms with Crippen LogP contribution in [0.2, 0.25) is 0 Å². The lowest BCUT2D eigenvalue weighted by molar-refractivity contribution is -0.164. The van der Waals surface area contributed by atoms with Crippen LogP contribution in [0.15, 0.2) is 42.5 Å². The third-order valence-corrected chi connectivity index (χ3v) is 7.64. The Hall–Kier alpha value is -3.51. The Kier molecular flexibility index (Phi) is 7.55. The van der Waals surface area contributed by atoms with E-state index in [0.717, 1.165) is 15.7 Å². The van der Waals surface area contributed by atoms with E-state index in [0.29, 0.717) is 0 Å². The quantitative estimate of drug-likeness (QED) is 0.487. The Morgan fingerprint density at radius 3 is 2.61 bits per heavy atom. The summed E-state index contributed by atoms with van der Waals surface area (Å²) in [5.74, 6) is -3.31. The summed E-state index contributed by atoms with van der Waals surface area (Å²) >= 11 is 0. The number of hydrogen-bond acceptors (Lipinski definition) is 8. The van der Waals surface area contributed by atoms with Crippen molar-refractivity contribution >= 4 is 44.3 Å². The van der Waals surface area contributed by atoms with Crippen molar-refractivity contribution in [3.63, 3.8) is 0 Å². The second-order valence-corrected chi connectivity index (χ2v) is 10.9. The van der Waals surface area contributed by atoms with Gasteiger partial charge in [0.2, 0.25) is 18.1 Å². The number of benzene rings is 2. The van der Waals surface area contributed by atoms with Crippen LogP contribution in [-0.2, 0) is 33.7 Å². The first-order valence-corrected chi connectivity index (χ1v) is 13.4. The first-order valence-electron chi connectivity index (χ1n) is 11.5. The van der Waals surface area contributed by atoms with Crippen LogP contribution in [0.3, 0.4) is 0 Å². The molecule has 0 saturated carbocycles. The Balaban J connectivity index is 1.45. The van der Waals surface area contributed by atoms with E-state index in [4.69, 9.17) is 9.47 Å². The highest BCUT2D eigenvalue weighted by Gasteiger charge is 2.39. The normalized spacial score (nSPS) is 23.7. The van der Waals surface area contributed by atoms with Crippen molar-refractivity contribution in [1.29, 1.82) is 0 Å². The largest absolute Gasteiger partial charge is 0.433 e. The minimum absolute atomic E-state index is 0.0802. The number of carbonyl (C=O) groups excluding carboxylic acids is 4. The van der Waals surface area contributed by atoms with Gasteiger partial charge in [-0.05, 0) is 29.8 Å². The molecule has 4 rings (SSSR count). The number of nitrogens with zero attached hydrogens (tertiary/aromatic N) is 1. The molecule has 0 aromatic heterocycles. The van der Waals surface area contributed by atoms with E-state index >= 15 is 0 Å². The van der Waals surface area contributed by atoms with Gasteiger partial charge in [-0.3, -0.25) is 19.2 Å². The summed E-state index contributed by atoms with van der Waals surface area (Å²) in [5, 5.41) is 6.89. The lowest BCUT2D eigenvalue weighted by atomic mass is 10.1.